The molecule has 0 amide bonds. The molecule has 0 bridgehead atoms. The van der Waals surface area contributed by atoms with Crippen molar-refractivity contribution in [3.8, 4) is 11.5 Å². The number of benzene rings is 1. The number of rotatable bonds is 5. The fourth-order valence-electron chi connectivity index (χ4n) is 2.97. The quantitative estimate of drug-likeness (QED) is 0.308. The summed E-state index contributed by atoms with van der Waals surface area (Å²) in [5.41, 5.74) is 0.935. The van der Waals surface area contributed by atoms with Crippen molar-refractivity contribution in [1.82, 2.24) is 19.5 Å². The number of fused-ring (bicyclic) bond motifs is 2. The summed E-state index contributed by atoms with van der Waals surface area (Å²) in [6.07, 6.45) is -4.74. The van der Waals surface area contributed by atoms with Crippen LogP contribution in [0.5, 0.6) is 0 Å². The van der Waals surface area contributed by atoms with Gasteiger partial charge in [-0.2, -0.15) is 4.98 Å². The second-order valence-corrected chi connectivity index (χ2v) is 7.37. The zero-order valence-corrected chi connectivity index (χ0v) is 16.6. The van der Waals surface area contributed by atoms with E-state index in [1.165, 1.54) is 4.57 Å². The summed E-state index contributed by atoms with van der Waals surface area (Å²) >= 11 is 3.49. The molecule has 0 aliphatic carbocycles. The van der Waals surface area contributed by atoms with E-state index in [1.54, 1.807) is 6.07 Å². The number of halogens is 1. The molecule has 3 rings (SSSR count). The molecule has 150 valence electrons. The number of nitrogens with one attached hydrogen (secondary N) is 1. The smallest absolute Gasteiger partial charge is 0.349 e. The summed E-state index contributed by atoms with van der Waals surface area (Å²) in [4.78, 5) is 34.2. The minimum Gasteiger partial charge on any atom is -0.394 e. The molecule has 0 aromatic heterocycles. The Morgan fingerprint density at radius 3 is 2.50 bits per heavy atom. The highest BCUT2D eigenvalue weighted by Gasteiger charge is 2.28. The lowest BCUT2D eigenvalue weighted by atomic mass is 10.1. The van der Waals surface area contributed by atoms with Gasteiger partial charge in [0.05, 0.1) is 24.2 Å². The van der Waals surface area contributed by atoms with Gasteiger partial charge in [0.1, 0.15) is 18.3 Å². The molecule has 0 unspecified atom stereocenters. The van der Waals surface area contributed by atoms with Crippen LogP contribution in [-0.2, 0) is 6.54 Å². The third-order valence-electron chi connectivity index (χ3n) is 4.68. The molecule has 1 aromatic carbocycles. The number of aliphatic hydroxyl groups is 4. The van der Waals surface area contributed by atoms with Gasteiger partial charge in [-0.25, -0.2) is 9.78 Å². The molecular formula is C17H19BrN4O6. The van der Waals surface area contributed by atoms with Crippen molar-refractivity contribution in [2.75, 3.05) is 6.61 Å². The van der Waals surface area contributed by atoms with Crippen molar-refractivity contribution in [3.05, 3.63) is 42.5 Å². The van der Waals surface area contributed by atoms with E-state index in [4.69, 9.17) is 5.11 Å². The van der Waals surface area contributed by atoms with Gasteiger partial charge in [0.2, 0.25) is 0 Å². The highest BCUT2D eigenvalue weighted by atomic mass is 79.9. The van der Waals surface area contributed by atoms with Gasteiger partial charge in [0.25, 0.3) is 5.56 Å². The van der Waals surface area contributed by atoms with Gasteiger partial charge < -0.3 is 25.0 Å². The number of aryl methyl sites for hydroxylation is 1. The lowest BCUT2D eigenvalue weighted by molar-refractivity contribution is -0.0802. The summed E-state index contributed by atoms with van der Waals surface area (Å²) in [7, 11) is 0. The van der Waals surface area contributed by atoms with E-state index in [0.717, 1.165) is 11.1 Å². The Morgan fingerprint density at radius 1 is 1.18 bits per heavy atom. The van der Waals surface area contributed by atoms with E-state index in [-0.39, 0.29) is 18.1 Å². The molecule has 0 saturated carbocycles. The molecule has 2 heterocycles. The molecule has 0 fully saturated rings. The molecule has 10 nitrogen and oxygen atoms in total. The lowest BCUT2D eigenvalue weighted by Crippen LogP contribution is -2.42. The average molecular weight is 455 g/mol. The first-order valence-corrected chi connectivity index (χ1v) is 9.20. The highest BCUT2D eigenvalue weighted by Crippen LogP contribution is 2.32. The molecule has 5 N–H and O–H groups in total. The van der Waals surface area contributed by atoms with Crippen molar-refractivity contribution in [3.63, 3.8) is 0 Å². The second-order valence-electron chi connectivity index (χ2n) is 6.57. The minimum atomic E-state index is -1.66. The SMILES string of the molecule is Cc1cc2nc3c(=O)[nH]c(=O)nc-3n(C[C@H](O)[C@H](O)[C@H](O)CO)c2c(Br)c1C. The summed E-state index contributed by atoms with van der Waals surface area (Å²) in [5, 5.41) is 39.0. The van der Waals surface area contributed by atoms with Gasteiger partial charge in [-0.3, -0.25) is 9.78 Å². The summed E-state index contributed by atoms with van der Waals surface area (Å²) in [5.74, 6) is -0.0741. The summed E-state index contributed by atoms with van der Waals surface area (Å²) in [6, 6.07) is 1.75. The zero-order valence-electron chi connectivity index (χ0n) is 15.0. The van der Waals surface area contributed by atoms with Crippen LogP contribution in [0.2, 0.25) is 0 Å². The van der Waals surface area contributed by atoms with E-state index < -0.39 is 36.2 Å². The Hall–Kier alpha value is -2.18. The molecule has 28 heavy (non-hydrogen) atoms. The Morgan fingerprint density at radius 2 is 1.86 bits per heavy atom. The van der Waals surface area contributed by atoms with Crippen LogP contribution >= 0.6 is 15.9 Å². The summed E-state index contributed by atoms with van der Waals surface area (Å²) in [6.45, 7) is 2.67. The van der Waals surface area contributed by atoms with Gasteiger partial charge >= 0.3 is 5.69 Å². The fourth-order valence-corrected chi connectivity index (χ4v) is 3.70. The number of aromatic amines is 1. The van der Waals surface area contributed by atoms with Crippen molar-refractivity contribution in [2.45, 2.75) is 38.7 Å². The average Bonchev–Trinajstić information content (AvgIpc) is 2.65. The molecule has 2 aliphatic rings. The monoisotopic (exact) mass is 454 g/mol. The molecular weight excluding hydrogens is 436 g/mol. The topological polar surface area (TPSA) is 162 Å². The molecule has 11 heteroatoms. The van der Waals surface area contributed by atoms with Crippen LogP contribution in [0.3, 0.4) is 0 Å². The largest absolute Gasteiger partial charge is 0.394 e. The number of H-pyrrole nitrogens is 1. The Labute approximate surface area is 166 Å². The van der Waals surface area contributed by atoms with Crippen LogP contribution < -0.4 is 11.2 Å². The lowest BCUT2D eigenvalue weighted by Gasteiger charge is -2.25. The Kier molecular flexibility index (Phi) is 5.64. The van der Waals surface area contributed by atoms with Crippen molar-refractivity contribution in [1.29, 1.82) is 0 Å². The first kappa shape index (κ1) is 20.6. The molecule has 2 aliphatic heterocycles. The maximum Gasteiger partial charge on any atom is 0.349 e. The molecule has 3 atom stereocenters. The van der Waals surface area contributed by atoms with E-state index in [1.807, 2.05) is 13.8 Å². The van der Waals surface area contributed by atoms with Crippen LogP contribution in [0.15, 0.2) is 20.1 Å². The van der Waals surface area contributed by atoms with Gasteiger partial charge in [-0.15, -0.1) is 0 Å². The van der Waals surface area contributed by atoms with Crippen LogP contribution in [0.1, 0.15) is 11.1 Å². The van der Waals surface area contributed by atoms with E-state index in [0.29, 0.717) is 15.5 Å². The van der Waals surface area contributed by atoms with Gasteiger partial charge in [-0.1, -0.05) is 0 Å². The third-order valence-corrected chi connectivity index (χ3v) is 5.65. The van der Waals surface area contributed by atoms with Crippen molar-refractivity contribution >= 4 is 27.0 Å². The standard InChI is InChI=1S/C17H19BrN4O6/c1-6-3-8-13(11(18)7(6)2)22(4-9(24)14(26)10(25)5-23)15-12(19-8)16(27)21-17(28)20-15/h3,9-10,14,23-26H,4-5H2,1-2H3,(H,21,27,28)/t9-,10+,14-/m0/s1. The number of hydrogen-bond acceptors (Lipinski definition) is 8. The maximum atomic E-state index is 12.2. The van der Waals surface area contributed by atoms with Crippen LogP contribution in [-0.4, -0.2) is 64.9 Å². The number of nitrogens with zero attached hydrogens (tertiary/aromatic N) is 3. The molecule has 0 saturated heterocycles. The van der Waals surface area contributed by atoms with E-state index in [9.17, 15) is 24.9 Å². The normalized spacial score (nSPS) is 15.1. The second kappa shape index (κ2) is 7.68. The summed E-state index contributed by atoms with van der Waals surface area (Å²) < 4.78 is 2.01. The first-order valence-electron chi connectivity index (χ1n) is 8.41. The van der Waals surface area contributed by atoms with E-state index >= 15 is 0 Å². The van der Waals surface area contributed by atoms with Crippen molar-refractivity contribution < 1.29 is 20.4 Å². The molecule has 0 spiro atoms. The molecule has 0 radical (unpaired) electrons. The maximum absolute atomic E-state index is 12.2. The highest BCUT2D eigenvalue weighted by molar-refractivity contribution is 9.10. The third kappa shape index (κ3) is 3.47. The van der Waals surface area contributed by atoms with Crippen LogP contribution in [0.25, 0.3) is 22.6 Å². The first-order chi connectivity index (χ1) is 13.1. The van der Waals surface area contributed by atoms with Gasteiger partial charge in [-0.05, 0) is 47.0 Å². The van der Waals surface area contributed by atoms with Crippen LogP contribution in [0.4, 0.5) is 0 Å². The Bertz CT molecular complexity index is 1130. The Balaban J connectivity index is 2.35. The minimum absolute atomic E-state index is 0.0741. The zero-order chi connectivity index (χ0) is 20.7. The molecule has 1 aromatic rings. The van der Waals surface area contributed by atoms with E-state index in [2.05, 4.69) is 30.9 Å². The van der Waals surface area contributed by atoms with Crippen LogP contribution in [0, 0.1) is 13.8 Å². The van der Waals surface area contributed by atoms with Gasteiger partial charge in [0.15, 0.2) is 11.5 Å². The predicted molar refractivity (Wildman–Crippen MR) is 103 cm³/mol. The predicted octanol–water partition coefficient (Wildman–Crippen LogP) is -0.961. The van der Waals surface area contributed by atoms with Gasteiger partial charge in [0, 0.05) is 4.47 Å². The number of aliphatic hydroxyl groups excluding tert-OH is 4. The number of aromatic nitrogens is 4. The fraction of sp³-hybridized carbons (Fsp3) is 0.412. The number of hydrogen-bond donors (Lipinski definition) is 5. The van der Waals surface area contributed by atoms with Crippen molar-refractivity contribution in [2.24, 2.45) is 0 Å².